The Morgan fingerprint density at radius 2 is 1.90 bits per heavy atom. The number of hydrogen-bond donors (Lipinski definition) is 0. The number of para-hydroxylation sites is 3. The summed E-state index contributed by atoms with van der Waals surface area (Å²) in [5.74, 6) is -1.31. The monoisotopic (exact) mass is 394 g/mol. The molecule has 7 heteroatoms. The Kier molecular flexibility index (Phi) is 4.96. The number of rotatable bonds is 5. The zero-order valence-corrected chi connectivity index (χ0v) is 16.3. The molecule has 0 aliphatic carbocycles. The second-order valence-electron chi connectivity index (χ2n) is 7.26. The summed E-state index contributed by atoms with van der Waals surface area (Å²) in [6.07, 6.45) is -0.166. The molecule has 1 amide bonds. The van der Waals surface area contributed by atoms with Gasteiger partial charge in [0.25, 0.3) is 5.91 Å². The van der Waals surface area contributed by atoms with E-state index in [-0.39, 0.29) is 24.9 Å². The van der Waals surface area contributed by atoms with Gasteiger partial charge in [-0.1, -0.05) is 30.3 Å². The van der Waals surface area contributed by atoms with Crippen molar-refractivity contribution >= 4 is 28.7 Å². The summed E-state index contributed by atoms with van der Waals surface area (Å²) >= 11 is 0. The summed E-state index contributed by atoms with van der Waals surface area (Å²) < 4.78 is 11.9. The molecule has 0 spiro atoms. The van der Waals surface area contributed by atoms with Gasteiger partial charge in [0, 0.05) is 18.3 Å². The van der Waals surface area contributed by atoms with Gasteiger partial charge in [-0.2, -0.15) is 0 Å². The van der Waals surface area contributed by atoms with Crippen molar-refractivity contribution in [2.75, 3.05) is 4.90 Å². The molecule has 7 nitrogen and oxygen atoms in total. The minimum absolute atomic E-state index is 0.0110. The highest BCUT2D eigenvalue weighted by molar-refractivity contribution is 5.99. The van der Waals surface area contributed by atoms with Crippen LogP contribution in [0.4, 0.5) is 5.69 Å². The quantitative estimate of drug-likeness (QED) is 0.622. The second kappa shape index (κ2) is 7.58. The molecule has 150 valence electrons. The van der Waals surface area contributed by atoms with Crippen LogP contribution in [0.1, 0.15) is 25.8 Å². The smallest absolute Gasteiger partial charge is 0.419 e. The molecule has 0 saturated carbocycles. The van der Waals surface area contributed by atoms with Crippen LogP contribution in [-0.4, -0.2) is 28.6 Å². The van der Waals surface area contributed by atoms with Crippen LogP contribution in [0.2, 0.25) is 0 Å². The highest BCUT2D eigenvalue weighted by atomic mass is 16.5. The van der Waals surface area contributed by atoms with E-state index in [9.17, 15) is 14.4 Å². The zero-order chi connectivity index (χ0) is 20.5. The maximum Gasteiger partial charge on any atom is 0.419 e. The molecule has 0 radical (unpaired) electrons. The number of aryl methyl sites for hydroxylation is 1. The number of ether oxygens (including phenoxy) is 1. The van der Waals surface area contributed by atoms with E-state index in [1.165, 1.54) is 4.57 Å². The van der Waals surface area contributed by atoms with Crippen molar-refractivity contribution in [1.82, 2.24) is 4.57 Å². The van der Waals surface area contributed by atoms with Crippen molar-refractivity contribution < 1.29 is 18.7 Å². The predicted octanol–water partition coefficient (Wildman–Crippen LogP) is 2.89. The van der Waals surface area contributed by atoms with Crippen molar-refractivity contribution in [3.63, 3.8) is 0 Å². The van der Waals surface area contributed by atoms with Gasteiger partial charge in [0.15, 0.2) is 11.7 Å². The van der Waals surface area contributed by atoms with Gasteiger partial charge in [0.05, 0.1) is 11.9 Å². The lowest BCUT2D eigenvalue weighted by Crippen LogP contribution is -2.43. The van der Waals surface area contributed by atoms with Crippen LogP contribution in [0.3, 0.4) is 0 Å². The van der Waals surface area contributed by atoms with Gasteiger partial charge in [-0.15, -0.1) is 0 Å². The number of aromatic nitrogens is 1. The van der Waals surface area contributed by atoms with Crippen LogP contribution < -0.4 is 10.7 Å². The first-order chi connectivity index (χ1) is 14.0. The molecule has 2 aromatic carbocycles. The third-order valence-electron chi connectivity index (χ3n) is 5.21. The normalized spacial score (nSPS) is 16.6. The number of carbonyl (C=O) groups excluding carboxylic acids is 2. The van der Waals surface area contributed by atoms with E-state index in [2.05, 4.69) is 0 Å². The fraction of sp³-hybridized carbons (Fsp3) is 0.318. The molecule has 3 aromatic rings. The lowest BCUT2D eigenvalue weighted by molar-refractivity contribution is -0.154. The fourth-order valence-electron chi connectivity index (χ4n) is 3.83. The molecule has 2 heterocycles. The predicted molar refractivity (Wildman–Crippen MR) is 108 cm³/mol. The highest BCUT2D eigenvalue weighted by Crippen LogP contribution is 2.32. The Hall–Kier alpha value is -3.35. The number of benzene rings is 2. The number of nitrogens with zero attached hydrogens (tertiary/aromatic N) is 2. The van der Waals surface area contributed by atoms with Crippen LogP contribution in [0.15, 0.2) is 57.7 Å². The molecule has 0 saturated heterocycles. The van der Waals surface area contributed by atoms with Crippen molar-refractivity contribution in [3.05, 3.63) is 64.6 Å². The molecule has 29 heavy (non-hydrogen) atoms. The van der Waals surface area contributed by atoms with Crippen LogP contribution >= 0.6 is 0 Å². The van der Waals surface area contributed by atoms with E-state index in [1.54, 1.807) is 36.1 Å². The minimum Gasteiger partial charge on any atom is -0.452 e. The topological polar surface area (TPSA) is 81.7 Å². The molecule has 1 aromatic heterocycles. The van der Waals surface area contributed by atoms with Crippen molar-refractivity contribution in [1.29, 1.82) is 0 Å². The van der Waals surface area contributed by atoms with Crippen LogP contribution in [0.25, 0.3) is 11.1 Å². The summed E-state index contributed by atoms with van der Waals surface area (Å²) in [5.41, 5.74) is 3.07. The first-order valence-electron chi connectivity index (χ1n) is 9.64. The summed E-state index contributed by atoms with van der Waals surface area (Å²) in [4.78, 5) is 38.9. The molecule has 0 fully saturated rings. The standard InChI is InChI=1S/C22H22N2O5/c1-14-13-16-7-3-4-8-17(16)24(14)21(26)15(2)28-20(25)11-12-23-18-9-5-6-10-19(18)29-22(23)27/h3-10,14-15H,11-13H2,1-2H3/t14-,15-/m0/s1. The van der Waals surface area contributed by atoms with Crippen molar-refractivity contribution in [2.45, 2.75) is 45.4 Å². The molecule has 4 rings (SSSR count). The highest BCUT2D eigenvalue weighted by Gasteiger charge is 2.34. The van der Waals surface area contributed by atoms with Gasteiger partial charge in [0.1, 0.15) is 0 Å². The zero-order valence-electron chi connectivity index (χ0n) is 16.3. The van der Waals surface area contributed by atoms with Crippen molar-refractivity contribution in [3.8, 4) is 0 Å². The number of oxazole rings is 1. The molecule has 2 atom stereocenters. The molecule has 1 aliphatic heterocycles. The Balaban J connectivity index is 1.40. The Morgan fingerprint density at radius 3 is 2.72 bits per heavy atom. The van der Waals surface area contributed by atoms with Gasteiger partial charge in [0.2, 0.25) is 0 Å². The number of esters is 1. The SMILES string of the molecule is C[C@H](OC(=O)CCn1c(=O)oc2ccccc21)C(=O)N1c2ccccc2C[C@@H]1C. The largest absolute Gasteiger partial charge is 0.452 e. The maximum atomic E-state index is 12.9. The minimum atomic E-state index is -0.908. The first kappa shape index (κ1) is 19.0. The molecule has 0 bridgehead atoms. The summed E-state index contributed by atoms with van der Waals surface area (Å²) in [6, 6.07) is 14.8. The maximum absolute atomic E-state index is 12.9. The van der Waals surface area contributed by atoms with Gasteiger partial charge in [-0.25, -0.2) is 4.79 Å². The van der Waals surface area contributed by atoms with Gasteiger partial charge in [-0.05, 0) is 44.0 Å². The van der Waals surface area contributed by atoms with Crippen molar-refractivity contribution in [2.24, 2.45) is 0 Å². The average Bonchev–Trinajstić information content (AvgIpc) is 3.20. The number of fused-ring (bicyclic) bond motifs is 2. The third-order valence-corrected chi connectivity index (χ3v) is 5.21. The van der Waals surface area contributed by atoms with E-state index in [1.807, 2.05) is 31.2 Å². The van der Waals surface area contributed by atoms with Gasteiger partial charge >= 0.3 is 11.7 Å². The summed E-state index contributed by atoms with van der Waals surface area (Å²) in [7, 11) is 0. The lowest BCUT2D eigenvalue weighted by Gasteiger charge is -2.25. The lowest BCUT2D eigenvalue weighted by atomic mass is 10.1. The molecule has 0 N–H and O–H groups in total. The molecular formula is C22H22N2O5. The van der Waals surface area contributed by atoms with Crippen LogP contribution in [0, 0.1) is 0 Å². The van der Waals surface area contributed by atoms with Gasteiger partial charge in [-0.3, -0.25) is 14.2 Å². The first-order valence-corrected chi connectivity index (χ1v) is 9.64. The van der Waals surface area contributed by atoms with E-state index in [4.69, 9.17) is 9.15 Å². The average molecular weight is 394 g/mol. The van der Waals surface area contributed by atoms with E-state index < -0.39 is 17.8 Å². The summed E-state index contributed by atoms with van der Waals surface area (Å²) in [5, 5.41) is 0. The number of anilines is 1. The molecule has 0 unspecified atom stereocenters. The second-order valence-corrected chi connectivity index (χ2v) is 7.26. The molecular weight excluding hydrogens is 372 g/mol. The van der Waals surface area contributed by atoms with E-state index >= 15 is 0 Å². The number of carbonyl (C=O) groups is 2. The van der Waals surface area contributed by atoms with Gasteiger partial charge < -0.3 is 14.1 Å². The van der Waals surface area contributed by atoms with E-state index in [0.717, 1.165) is 17.7 Å². The van der Waals surface area contributed by atoms with Crippen LogP contribution in [-0.2, 0) is 27.3 Å². The Bertz CT molecular complexity index is 1130. The number of hydrogen-bond acceptors (Lipinski definition) is 5. The Labute approximate surface area is 167 Å². The van der Waals surface area contributed by atoms with Crippen LogP contribution in [0.5, 0.6) is 0 Å². The molecule has 1 aliphatic rings. The number of amides is 1. The van der Waals surface area contributed by atoms with E-state index in [0.29, 0.717) is 11.1 Å². The Morgan fingerprint density at radius 1 is 1.17 bits per heavy atom. The third kappa shape index (κ3) is 3.55. The summed E-state index contributed by atoms with van der Waals surface area (Å²) in [6.45, 7) is 3.68. The fourth-order valence-corrected chi connectivity index (χ4v) is 3.83.